The van der Waals surface area contributed by atoms with Gasteiger partial charge in [-0.1, -0.05) is 35.9 Å². The van der Waals surface area contributed by atoms with Gasteiger partial charge in [-0.2, -0.15) is 0 Å². The minimum Gasteiger partial charge on any atom is -0.507 e. The zero-order chi connectivity index (χ0) is 25.3. The number of para-hydroxylation sites is 1. The Labute approximate surface area is 189 Å². The molecule has 34 heavy (non-hydrogen) atoms. The lowest BCUT2D eigenvalue weighted by molar-refractivity contribution is -0.276. The molecule has 0 aliphatic rings. The van der Waals surface area contributed by atoms with E-state index in [1.807, 2.05) is 0 Å². The van der Waals surface area contributed by atoms with Gasteiger partial charge in [-0.15, -0.1) is 26.3 Å². The standard InChI is InChI=1S/C23H18F6O5/c1-12-7-15(9-13-5-6-17(30)19(10-13)34-23(27,28)29)20(31)16(8-12)11-14-3-2-4-18(21(14)32)33-22(24,25)26/h2-8,10,30-32H,9,11H2,1H3. The number of halogens is 6. The van der Waals surface area contributed by atoms with Crippen molar-refractivity contribution < 1.29 is 51.1 Å². The molecule has 0 spiro atoms. The van der Waals surface area contributed by atoms with Crippen LogP contribution in [-0.4, -0.2) is 28.0 Å². The highest BCUT2D eigenvalue weighted by atomic mass is 19.4. The highest BCUT2D eigenvalue weighted by Gasteiger charge is 2.33. The average Bonchev–Trinajstić information content (AvgIpc) is 2.69. The smallest absolute Gasteiger partial charge is 0.507 e. The maximum absolute atomic E-state index is 12.5. The molecule has 0 saturated carbocycles. The monoisotopic (exact) mass is 488 g/mol. The summed E-state index contributed by atoms with van der Waals surface area (Å²) in [5.41, 5.74) is 1.56. The third-order valence-corrected chi connectivity index (χ3v) is 4.75. The molecule has 0 saturated heterocycles. The summed E-state index contributed by atoms with van der Waals surface area (Å²) in [5, 5.41) is 30.5. The Balaban J connectivity index is 1.91. The molecule has 0 heterocycles. The van der Waals surface area contributed by atoms with E-state index in [4.69, 9.17) is 0 Å². The summed E-state index contributed by atoms with van der Waals surface area (Å²) in [6.07, 6.45) is -10.2. The summed E-state index contributed by atoms with van der Waals surface area (Å²) < 4.78 is 82.8. The number of alkyl halides is 6. The fraction of sp³-hybridized carbons (Fsp3) is 0.217. The number of rotatable bonds is 6. The van der Waals surface area contributed by atoms with Crippen LogP contribution in [0.25, 0.3) is 0 Å². The van der Waals surface area contributed by atoms with E-state index >= 15 is 0 Å². The second-order valence-electron chi connectivity index (χ2n) is 7.45. The first kappa shape index (κ1) is 24.9. The Kier molecular flexibility index (Phi) is 6.76. The van der Waals surface area contributed by atoms with Crippen molar-refractivity contribution >= 4 is 0 Å². The zero-order valence-corrected chi connectivity index (χ0v) is 17.5. The van der Waals surface area contributed by atoms with Crippen LogP contribution in [-0.2, 0) is 12.8 Å². The van der Waals surface area contributed by atoms with Crippen LogP contribution in [0.4, 0.5) is 26.3 Å². The normalized spacial score (nSPS) is 12.0. The second kappa shape index (κ2) is 9.24. The Morgan fingerprint density at radius 2 is 1.26 bits per heavy atom. The van der Waals surface area contributed by atoms with Crippen LogP contribution in [0, 0.1) is 6.92 Å². The van der Waals surface area contributed by atoms with Gasteiger partial charge >= 0.3 is 12.7 Å². The summed E-state index contributed by atoms with van der Waals surface area (Å²) in [4.78, 5) is 0. The van der Waals surface area contributed by atoms with Crippen LogP contribution in [0.2, 0.25) is 0 Å². The van der Waals surface area contributed by atoms with E-state index in [9.17, 15) is 41.7 Å². The van der Waals surface area contributed by atoms with Gasteiger partial charge in [0.2, 0.25) is 0 Å². The quantitative estimate of drug-likeness (QED) is 0.366. The largest absolute Gasteiger partial charge is 0.573 e. The lowest BCUT2D eigenvalue weighted by atomic mass is 9.95. The molecule has 3 aromatic carbocycles. The number of hydrogen-bond donors (Lipinski definition) is 3. The number of aryl methyl sites for hydroxylation is 1. The van der Waals surface area contributed by atoms with Gasteiger partial charge in [0.05, 0.1) is 0 Å². The molecule has 0 radical (unpaired) electrons. The van der Waals surface area contributed by atoms with Gasteiger partial charge in [0.15, 0.2) is 23.0 Å². The van der Waals surface area contributed by atoms with Crippen molar-refractivity contribution in [1.29, 1.82) is 0 Å². The number of phenols is 3. The summed E-state index contributed by atoms with van der Waals surface area (Å²) in [5.74, 6) is -3.30. The van der Waals surface area contributed by atoms with Crippen molar-refractivity contribution in [3.63, 3.8) is 0 Å². The molecular weight excluding hydrogens is 470 g/mol. The molecule has 0 atom stereocenters. The van der Waals surface area contributed by atoms with E-state index in [2.05, 4.69) is 9.47 Å². The Morgan fingerprint density at radius 1 is 0.676 bits per heavy atom. The maximum Gasteiger partial charge on any atom is 0.573 e. The van der Waals surface area contributed by atoms with Gasteiger partial charge in [0.1, 0.15) is 5.75 Å². The maximum atomic E-state index is 12.5. The Morgan fingerprint density at radius 3 is 1.88 bits per heavy atom. The third kappa shape index (κ3) is 6.40. The fourth-order valence-corrected chi connectivity index (χ4v) is 3.42. The second-order valence-corrected chi connectivity index (χ2v) is 7.45. The van der Waals surface area contributed by atoms with Crippen LogP contribution >= 0.6 is 0 Å². The van der Waals surface area contributed by atoms with E-state index in [1.54, 1.807) is 19.1 Å². The van der Waals surface area contributed by atoms with Crippen LogP contribution < -0.4 is 9.47 Å². The first-order valence-electron chi connectivity index (χ1n) is 9.67. The van der Waals surface area contributed by atoms with Gasteiger partial charge in [-0.3, -0.25) is 0 Å². The number of hydrogen-bond acceptors (Lipinski definition) is 5. The van der Waals surface area contributed by atoms with E-state index in [0.29, 0.717) is 11.1 Å². The minimum absolute atomic E-state index is 0.0434. The molecule has 3 N–H and O–H groups in total. The topological polar surface area (TPSA) is 79.2 Å². The van der Waals surface area contributed by atoms with Crippen molar-refractivity contribution in [3.05, 3.63) is 76.3 Å². The number of ether oxygens (including phenoxy) is 2. The molecule has 11 heteroatoms. The van der Waals surface area contributed by atoms with Crippen molar-refractivity contribution in [2.75, 3.05) is 0 Å². The molecule has 182 valence electrons. The molecular formula is C23H18F6O5. The van der Waals surface area contributed by atoms with Crippen molar-refractivity contribution in [1.82, 2.24) is 0 Å². The van der Waals surface area contributed by atoms with Gasteiger partial charge in [0, 0.05) is 18.4 Å². The number of aromatic hydroxyl groups is 3. The lowest BCUT2D eigenvalue weighted by Gasteiger charge is -2.16. The molecule has 0 bridgehead atoms. The molecule has 0 aliphatic heterocycles. The lowest BCUT2D eigenvalue weighted by Crippen LogP contribution is -2.17. The van der Waals surface area contributed by atoms with E-state index < -0.39 is 35.7 Å². The summed E-state index contributed by atoms with van der Waals surface area (Å²) in [6.45, 7) is 1.69. The number of benzene rings is 3. The predicted molar refractivity (Wildman–Crippen MR) is 108 cm³/mol. The summed E-state index contributed by atoms with van der Waals surface area (Å²) in [7, 11) is 0. The van der Waals surface area contributed by atoms with E-state index in [1.165, 1.54) is 18.2 Å². The number of phenolic OH excluding ortho intramolecular Hbond substituents is 3. The van der Waals surface area contributed by atoms with Gasteiger partial charge < -0.3 is 24.8 Å². The predicted octanol–water partition coefficient (Wildman–Crippen LogP) is 6.09. The van der Waals surface area contributed by atoms with Crippen LogP contribution in [0.15, 0.2) is 48.5 Å². The van der Waals surface area contributed by atoms with Crippen molar-refractivity contribution in [3.8, 4) is 28.7 Å². The zero-order valence-electron chi connectivity index (χ0n) is 17.5. The van der Waals surface area contributed by atoms with Crippen molar-refractivity contribution in [2.45, 2.75) is 32.5 Å². The SMILES string of the molecule is Cc1cc(Cc2ccc(O)c(OC(F)(F)F)c2)c(O)c(Cc2cccc(OC(F)(F)F)c2O)c1. The highest BCUT2D eigenvalue weighted by molar-refractivity contribution is 5.53. The Bertz CT molecular complexity index is 1190. The summed E-state index contributed by atoms with van der Waals surface area (Å²) >= 11 is 0. The fourth-order valence-electron chi connectivity index (χ4n) is 3.42. The van der Waals surface area contributed by atoms with Gasteiger partial charge in [0.25, 0.3) is 0 Å². The highest BCUT2D eigenvalue weighted by Crippen LogP contribution is 2.38. The Hall–Kier alpha value is -3.76. The molecule has 0 unspecified atom stereocenters. The first-order valence-corrected chi connectivity index (χ1v) is 9.67. The molecule has 0 aromatic heterocycles. The summed E-state index contributed by atoms with van der Waals surface area (Å²) in [6, 6.07) is 10.1. The van der Waals surface area contributed by atoms with Gasteiger partial charge in [-0.05, 0) is 41.8 Å². The minimum atomic E-state index is -5.01. The van der Waals surface area contributed by atoms with E-state index in [0.717, 1.165) is 18.2 Å². The van der Waals surface area contributed by atoms with Crippen LogP contribution in [0.1, 0.15) is 27.8 Å². The van der Waals surface area contributed by atoms with Gasteiger partial charge in [-0.25, -0.2) is 0 Å². The van der Waals surface area contributed by atoms with E-state index in [-0.39, 0.29) is 35.3 Å². The molecule has 0 amide bonds. The molecule has 0 fully saturated rings. The molecule has 3 aromatic rings. The average molecular weight is 488 g/mol. The van der Waals surface area contributed by atoms with Crippen LogP contribution in [0.5, 0.6) is 28.7 Å². The third-order valence-electron chi connectivity index (χ3n) is 4.75. The van der Waals surface area contributed by atoms with Crippen LogP contribution in [0.3, 0.4) is 0 Å². The molecule has 3 rings (SSSR count). The first-order chi connectivity index (χ1) is 15.7. The van der Waals surface area contributed by atoms with Crippen molar-refractivity contribution in [2.24, 2.45) is 0 Å². The molecule has 5 nitrogen and oxygen atoms in total. The molecule has 0 aliphatic carbocycles.